The van der Waals surface area contributed by atoms with Gasteiger partial charge in [-0.15, -0.1) is 0 Å². The molecule has 0 aromatic heterocycles. The maximum Gasteiger partial charge on any atom is 0.228 e. The van der Waals surface area contributed by atoms with E-state index in [1.165, 1.54) is 0 Å². The van der Waals surface area contributed by atoms with Gasteiger partial charge in [0, 0.05) is 36.1 Å². The lowest BCUT2D eigenvalue weighted by Crippen LogP contribution is -2.51. The van der Waals surface area contributed by atoms with Crippen LogP contribution in [0.3, 0.4) is 0 Å². The number of benzene rings is 1. The van der Waals surface area contributed by atoms with E-state index < -0.39 is 0 Å². The highest BCUT2D eigenvalue weighted by atomic mass is 79.9. The minimum absolute atomic E-state index is 0.209. The zero-order chi connectivity index (χ0) is 15.6. The quantitative estimate of drug-likeness (QED) is 0.782. The normalized spacial score (nSPS) is 15.8. The molecule has 112 valence electrons. The predicted octanol–water partition coefficient (Wildman–Crippen LogP) is 3.02. The topological polar surface area (TPSA) is 47.3 Å². The maximum atomic E-state index is 12.3. The monoisotopic (exact) mass is 349 g/mol. The highest BCUT2D eigenvalue weighted by Crippen LogP contribution is 2.28. The molecule has 4 nitrogen and oxygen atoms in total. The van der Waals surface area contributed by atoms with Crippen LogP contribution in [0.5, 0.6) is 0 Å². The number of anilines is 1. The van der Waals surface area contributed by atoms with E-state index in [4.69, 9.17) is 5.26 Å². The summed E-state index contributed by atoms with van der Waals surface area (Å²) in [4.78, 5) is 16.5. The molecule has 0 unspecified atom stereocenters. The summed E-state index contributed by atoms with van der Waals surface area (Å²) in [6.07, 6.45) is 0. The van der Waals surface area contributed by atoms with Crippen molar-refractivity contribution in [3.8, 4) is 6.07 Å². The molecular formula is C16H20BrN3O. The second kappa shape index (κ2) is 6.07. The molecule has 0 aliphatic carbocycles. The van der Waals surface area contributed by atoms with Gasteiger partial charge in [-0.3, -0.25) is 4.79 Å². The number of hydrogen-bond acceptors (Lipinski definition) is 3. The molecule has 1 amide bonds. The average Bonchev–Trinajstić information content (AvgIpc) is 2.45. The van der Waals surface area contributed by atoms with Crippen molar-refractivity contribution in [3.05, 3.63) is 28.2 Å². The van der Waals surface area contributed by atoms with Gasteiger partial charge in [-0.2, -0.15) is 5.26 Å². The Bertz CT molecular complexity index is 578. The first-order chi connectivity index (χ1) is 9.82. The summed E-state index contributed by atoms with van der Waals surface area (Å²) >= 11 is 3.53. The van der Waals surface area contributed by atoms with Crippen molar-refractivity contribution >= 4 is 27.5 Å². The summed E-state index contributed by atoms with van der Waals surface area (Å²) in [5, 5.41) is 8.91. The number of amides is 1. The third-order valence-corrected chi connectivity index (χ3v) is 4.26. The van der Waals surface area contributed by atoms with Gasteiger partial charge in [0.15, 0.2) is 0 Å². The van der Waals surface area contributed by atoms with Crippen LogP contribution in [0.25, 0.3) is 0 Å². The maximum absolute atomic E-state index is 12.3. The molecule has 1 saturated heterocycles. The molecule has 0 N–H and O–H groups in total. The first kappa shape index (κ1) is 15.8. The molecule has 1 aromatic rings. The lowest BCUT2D eigenvalue weighted by molar-refractivity contribution is -0.139. The fraction of sp³-hybridized carbons (Fsp3) is 0.500. The first-order valence-corrected chi connectivity index (χ1v) is 7.86. The predicted molar refractivity (Wildman–Crippen MR) is 87.1 cm³/mol. The molecule has 1 heterocycles. The molecule has 1 aromatic carbocycles. The van der Waals surface area contributed by atoms with E-state index in [0.717, 1.165) is 36.3 Å². The molecular weight excluding hydrogens is 330 g/mol. The number of halogens is 1. The number of hydrogen-bond donors (Lipinski definition) is 0. The van der Waals surface area contributed by atoms with Crippen LogP contribution in [0.4, 0.5) is 5.69 Å². The fourth-order valence-corrected chi connectivity index (χ4v) is 3.09. The zero-order valence-corrected chi connectivity index (χ0v) is 14.3. The third-order valence-electron chi connectivity index (χ3n) is 3.63. The molecule has 0 spiro atoms. The van der Waals surface area contributed by atoms with Crippen molar-refractivity contribution < 1.29 is 4.79 Å². The van der Waals surface area contributed by atoms with Crippen molar-refractivity contribution in [3.63, 3.8) is 0 Å². The highest BCUT2D eigenvalue weighted by Gasteiger charge is 2.30. The van der Waals surface area contributed by atoms with Gasteiger partial charge in [0.1, 0.15) is 0 Å². The Balaban J connectivity index is 2.05. The van der Waals surface area contributed by atoms with Gasteiger partial charge in [0.05, 0.1) is 17.3 Å². The molecule has 21 heavy (non-hydrogen) atoms. The Labute approximate surface area is 134 Å². The van der Waals surface area contributed by atoms with Crippen molar-refractivity contribution in [1.29, 1.82) is 5.26 Å². The minimum Gasteiger partial charge on any atom is -0.367 e. The molecule has 1 aliphatic rings. The fourth-order valence-electron chi connectivity index (χ4n) is 2.46. The zero-order valence-electron chi connectivity index (χ0n) is 12.7. The van der Waals surface area contributed by atoms with Gasteiger partial charge in [-0.1, -0.05) is 20.8 Å². The molecule has 0 saturated carbocycles. The summed E-state index contributed by atoms with van der Waals surface area (Å²) in [5.41, 5.74) is 1.40. The van der Waals surface area contributed by atoms with E-state index in [0.29, 0.717) is 5.56 Å². The van der Waals surface area contributed by atoms with Crippen molar-refractivity contribution in [1.82, 2.24) is 4.90 Å². The Morgan fingerprint density at radius 1 is 1.24 bits per heavy atom. The van der Waals surface area contributed by atoms with E-state index >= 15 is 0 Å². The van der Waals surface area contributed by atoms with Gasteiger partial charge >= 0.3 is 0 Å². The van der Waals surface area contributed by atoms with E-state index in [1.54, 1.807) is 0 Å². The van der Waals surface area contributed by atoms with Gasteiger partial charge in [0.2, 0.25) is 5.91 Å². The summed E-state index contributed by atoms with van der Waals surface area (Å²) < 4.78 is 0.928. The summed E-state index contributed by atoms with van der Waals surface area (Å²) in [5.74, 6) is 0.209. The lowest BCUT2D eigenvalue weighted by atomic mass is 9.94. The minimum atomic E-state index is -0.322. The van der Waals surface area contributed by atoms with Crippen LogP contribution in [0.1, 0.15) is 26.3 Å². The van der Waals surface area contributed by atoms with Gasteiger partial charge in [-0.25, -0.2) is 0 Å². The van der Waals surface area contributed by atoms with Crippen molar-refractivity contribution in [2.24, 2.45) is 5.41 Å². The molecule has 0 bridgehead atoms. The third kappa shape index (κ3) is 3.56. The number of nitriles is 1. The second-order valence-corrected chi connectivity index (χ2v) is 7.16. The standard InChI is InChI=1S/C16H20BrN3O/c1-16(2,3)15(21)20-8-6-19(7-9-20)14-5-4-12(11-18)10-13(14)17/h4-5,10H,6-9H2,1-3H3. The molecule has 5 heteroatoms. The van der Waals surface area contributed by atoms with E-state index in [9.17, 15) is 4.79 Å². The molecule has 1 fully saturated rings. The van der Waals surface area contributed by atoms with Gasteiger partial charge < -0.3 is 9.80 Å². The Hall–Kier alpha value is -1.54. The van der Waals surface area contributed by atoms with Crippen LogP contribution in [0, 0.1) is 16.7 Å². The average molecular weight is 350 g/mol. The van der Waals surface area contributed by atoms with Crippen LogP contribution in [-0.4, -0.2) is 37.0 Å². The van der Waals surface area contributed by atoms with Crippen LogP contribution < -0.4 is 4.90 Å². The summed E-state index contributed by atoms with van der Waals surface area (Å²) in [6, 6.07) is 7.76. The van der Waals surface area contributed by atoms with Crippen molar-refractivity contribution in [2.75, 3.05) is 31.1 Å². The number of rotatable bonds is 1. The van der Waals surface area contributed by atoms with E-state index in [-0.39, 0.29) is 11.3 Å². The van der Waals surface area contributed by atoms with Gasteiger partial charge in [0.25, 0.3) is 0 Å². The molecule has 0 atom stereocenters. The lowest BCUT2D eigenvalue weighted by Gasteiger charge is -2.39. The number of piperazine rings is 1. The van der Waals surface area contributed by atoms with Crippen LogP contribution in [0.2, 0.25) is 0 Å². The van der Waals surface area contributed by atoms with E-state index in [1.807, 2.05) is 43.9 Å². The summed E-state index contributed by atoms with van der Waals surface area (Å²) in [7, 11) is 0. The largest absolute Gasteiger partial charge is 0.367 e. The molecule has 2 rings (SSSR count). The first-order valence-electron chi connectivity index (χ1n) is 7.07. The molecule has 0 radical (unpaired) electrons. The smallest absolute Gasteiger partial charge is 0.228 e. The van der Waals surface area contributed by atoms with Crippen LogP contribution >= 0.6 is 15.9 Å². The summed E-state index contributed by atoms with van der Waals surface area (Å²) in [6.45, 7) is 8.97. The Morgan fingerprint density at radius 2 is 1.86 bits per heavy atom. The Kier molecular flexibility index (Phi) is 4.58. The van der Waals surface area contributed by atoms with Gasteiger partial charge in [-0.05, 0) is 34.1 Å². The van der Waals surface area contributed by atoms with Crippen LogP contribution in [-0.2, 0) is 4.79 Å². The Morgan fingerprint density at radius 3 is 2.33 bits per heavy atom. The SMILES string of the molecule is CC(C)(C)C(=O)N1CCN(c2ccc(C#N)cc2Br)CC1. The number of nitrogens with zero attached hydrogens (tertiary/aromatic N) is 3. The second-order valence-electron chi connectivity index (χ2n) is 6.31. The number of carbonyl (C=O) groups is 1. The number of carbonyl (C=O) groups excluding carboxylic acids is 1. The highest BCUT2D eigenvalue weighted by molar-refractivity contribution is 9.10. The van der Waals surface area contributed by atoms with Crippen LogP contribution in [0.15, 0.2) is 22.7 Å². The van der Waals surface area contributed by atoms with E-state index in [2.05, 4.69) is 26.9 Å². The van der Waals surface area contributed by atoms with Crippen molar-refractivity contribution in [2.45, 2.75) is 20.8 Å². The molecule has 1 aliphatic heterocycles.